The number of ketones is 1. The molecule has 178 valence electrons. The van der Waals surface area contributed by atoms with Gasteiger partial charge in [-0.15, -0.1) is 0 Å². The van der Waals surface area contributed by atoms with Crippen molar-refractivity contribution in [2.45, 2.75) is 31.4 Å². The first kappa shape index (κ1) is 22.6. The Morgan fingerprint density at radius 3 is 2.64 bits per heavy atom. The highest BCUT2D eigenvalue weighted by atomic mass is 35.5. The fourth-order valence-electron chi connectivity index (χ4n) is 4.25. The number of piperazine rings is 1. The number of rotatable bonds is 7. The molecule has 0 spiro atoms. The van der Waals surface area contributed by atoms with E-state index in [4.69, 9.17) is 16.3 Å². The van der Waals surface area contributed by atoms with Gasteiger partial charge in [-0.3, -0.25) is 9.79 Å². The largest absolute Gasteiger partial charge is 0.472 e. The van der Waals surface area contributed by atoms with E-state index in [9.17, 15) is 13.2 Å². The quantitative estimate of drug-likeness (QED) is 0.596. The van der Waals surface area contributed by atoms with Crippen LogP contribution < -0.4 is 14.4 Å². The van der Waals surface area contributed by atoms with Crippen molar-refractivity contribution in [2.75, 3.05) is 50.7 Å². The first-order valence-corrected chi connectivity index (χ1v) is 13.0. The van der Waals surface area contributed by atoms with Crippen LogP contribution in [-0.2, 0) is 15.0 Å². The molecule has 3 aliphatic heterocycles. The predicted octanol–water partition coefficient (Wildman–Crippen LogP) is 0.757. The number of likely N-dealkylation sites (tertiary alicyclic amines) is 1. The van der Waals surface area contributed by atoms with E-state index in [0.717, 1.165) is 31.5 Å². The summed E-state index contributed by atoms with van der Waals surface area (Å²) in [6.07, 6.45) is 5.92. The minimum Gasteiger partial charge on any atom is -0.472 e. The molecule has 5 rings (SSSR count). The van der Waals surface area contributed by atoms with Gasteiger partial charge in [0.05, 0.1) is 12.2 Å². The molecular formula is C21H27ClN6O4S. The van der Waals surface area contributed by atoms with Crippen molar-refractivity contribution in [3.8, 4) is 5.88 Å². The molecule has 4 heterocycles. The summed E-state index contributed by atoms with van der Waals surface area (Å²) in [4.78, 5) is 24.4. The van der Waals surface area contributed by atoms with Crippen molar-refractivity contribution in [1.82, 2.24) is 18.9 Å². The van der Waals surface area contributed by atoms with E-state index in [-0.39, 0.29) is 29.5 Å². The number of aromatic nitrogens is 1. The Morgan fingerprint density at radius 1 is 1.09 bits per heavy atom. The monoisotopic (exact) mass is 494 g/mol. The van der Waals surface area contributed by atoms with Crippen molar-refractivity contribution in [3.63, 3.8) is 0 Å². The molecule has 4 aliphatic rings. The van der Waals surface area contributed by atoms with Crippen LogP contribution in [0.3, 0.4) is 0 Å². The second-order valence-electron chi connectivity index (χ2n) is 8.70. The summed E-state index contributed by atoms with van der Waals surface area (Å²) in [5, 5.41) is 0.235. The van der Waals surface area contributed by atoms with E-state index in [1.807, 2.05) is 17.0 Å². The van der Waals surface area contributed by atoms with Gasteiger partial charge in [0.25, 0.3) is 10.2 Å². The lowest BCUT2D eigenvalue weighted by Crippen LogP contribution is -2.52. The smallest absolute Gasteiger partial charge is 0.279 e. The number of aliphatic imine (C=N–C) groups is 1. The summed E-state index contributed by atoms with van der Waals surface area (Å²) >= 11 is 6.19. The number of dihydropyridines is 1. The van der Waals surface area contributed by atoms with Gasteiger partial charge < -0.3 is 14.5 Å². The van der Waals surface area contributed by atoms with Crippen LogP contribution in [0.2, 0.25) is 0 Å². The number of carbonyl (C=O) groups excluding carboxylic acids is 1. The number of pyridine rings is 1. The van der Waals surface area contributed by atoms with Crippen LogP contribution in [0, 0.1) is 0 Å². The average molecular weight is 495 g/mol. The van der Waals surface area contributed by atoms with Crippen LogP contribution in [0.25, 0.3) is 0 Å². The van der Waals surface area contributed by atoms with Gasteiger partial charge in [-0.25, -0.2) is 4.98 Å². The van der Waals surface area contributed by atoms with Crippen LogP contribution in [0.4, 0.5) is 5.69 Å². The Morgan fingerprint density at radius 2 is 1.88 bits per heavy atom. The highest BCUT2D eigenvalue weighted by molar-refractivity contribution is 7.87. The number of ether oxygens (including phenoxy) is 1. The summed E-state index contributed by atoms with van der Waals surface area (Å²) in [5.41, 5.74) is 1.61. The molecule has 1 saturated carbocycles. The maximum Gasteiger partial charge on any atom is 0.279 e. The Bertz CT molecular complexity index is 1080. The third-order valence-corrected chi connectivity index (χ3v) is 8.33. The molecule has 1 aliphatic carbocycles. The van der Waals surface area contributed by atoms with E-state index in [1.165, 1.54) is 4.31 Å². The zero-order valence-corrected chi connectivity index (χ0v) is 19.8. The van der Waals surface area contributed by atoms with E-state index in [1.54, 1.807) is 12.4 Å². The zero-order chi connectivity index (χ0) is 23.0. The second-order valence-corrected chi connectivity index (χ2v) is 10.8. The number of nitrogens with one attached hydrogen (secondary N) is 1. The minimum atomic E-state index is -3.40. The highest BCUT2D eigenvalue weighted by Crippen LogP contribution is 2.27. The number of carbonyl (C=O) groups is 1. The molecule has 1 aromatic heterocycles. The molecule has 1 atom stereocenters. The SMILES string of the molecule is O=C1CN=CC(N2CC[C@@H](Oc3cc(N4CCN(S(=O)(=O)NC5CC5)CC4)ccn3)C2)=C1Cl. The predicted molar refractivity (Wildman–Crippen MR) is 125 cm³/mol. The molecule has 0 radical (unpaired) electrons. The van der Waals surface area contributed by atoms with Crippen molar-refractivity contribution >= 4 is 39.5 Å². The van der Waals surface area contributed by atoms with E-state index < -0.39 is 10.2 Å². The van der Waals surface area contributed by atoms with E-state index in [0.29, 0.717) is 44.3 Å². The summed E-state index contributed by atoms with van der Waals surface area (Å²) in [5.74, 6) is 0.363. The van der Waals surface area contributed by atoms with Gasteiger partial charge in [0.2, 0.25) is 5.88 Å². The van der Waals surface area contributed by atoms with Crippen molar-refractivity contribution < 1.29 is 17.9 Å². The second kappa shape index (κ2) is 9.21. The number of Topliss-reactive ketones (excluding diaryl/α,β-unsaturated/α-hetero) is 1. The summed E-state index contributed by atoms with van der Waals surface area (Å²) < 4.78 is 35.2. The van der Waals surface area contributed by atoms with Crippen molar-refractivity contribution in [3.05, 3.63) is 29.1 Å². The maximum atomic E-state index is 12.4. The van der Waals surface area contributed by atoms with Crippen molar-refractivity contribution in [2.24, 2.45) is 4.99 Å². The summed E-state index contributed by atoms with van der Waals surface area (Å²) in [7, 11) is -3.40. The molecule has 0 amide bonds. The van der Waals surface area contributed by atoms with E-state index in [2.05, 4.69) is 19.6 Å². The molecule has 10 nitrogen and oxygen atoms in total. The standard InChI is InChI=1S/C21H27ClN6O4S/c22-21-18(12-23-13-19(21)29)27-6-4-17(14-27)32-20-11-16(3-5-24-20)26-7-9-28(10-8-26)33(30,31)25-15-1-2-15/h3,5,11-12,15,17,25H,1-2,4,6-10,13-14H2/t17-/m1/s1. The van der Waals surface area contributed by atoms with Crippen LogP contribution in [0.5, 0.6) is 5.88 Å². The Labute approximate surface area is 198 Å². The number of hydrogen-bond donors (Lipinski definition) is 1. The van der Waals surface area contributed by atoms with Gasteiger partial charge in [0, 0.05) is 69.4 Å². The molecule has 1 aromatic rings. The van der Waals surface area contributed by atoms with Crippen LogP contribution in [0.1, 0.15) is 19.3 Å². The lowest BCUT2D eigenvalue weighted by molar-refractivity contribution is -0.113. The van der Waals surface area contributed by atoms with Crippen LogP contribution >= 0.6 is 11.6 Å². The zero-order valence-electron chi connectivity index (χ0n) is 18.2. The molecule has 3 fully saturated rings. The number of hydrogen-bond acceptors (Lipinski definition) is 8. The average Bonchev–Trinajstić information content (AvgIpc) is 3.50. The normalized spacial score (nSPS) is 24.6. The third kappa shape index (κ3) is 5.16. The molecule has 1 N–H and O–H groups in total. The maximum absolute atomic E-state index is 12.4. The molecule has 0 aromatic carbocycles. The summed E-state index contributed by atoms with van der Waals surface area (Å²) in [6.45, 7) is 3.51. The number of allylic oxidation sites excluding steroid dienone is 1. The molecule has 0 bridgehead atoms. The van der Waals surface area contributed by atoms with Gasteiger partial charge in [-0.05, 0) is 18.9 Å². The fourth-order valence-corrected chi connectivity index (χ4v) is 5.93. The fraction of sp³-hybridized carbons (Fsp3) is 0.571. The number of nitrogens with zero attached hydrogens (tertiary/aromatic N) is 5. The molecule has 0 unspecified atom stereocenters. The molecular weight excluding hydrogens is 468 g/mol. The van der Waals surface area contributed by atoms with Gasteiger partial charge in [-0.2, -0.15) is 17.4 Å². The lowest BCUT2D eigenvalue weighted by Gasteiger charge is -2.35. The first-order chi connectivity index (χ1) is 15.9. The Balaban J connectivity index is 1.17. The third-order valence-electron chi connectivity index (χ3n) is 6.25. The van der Waals surface area contributed by atoms with Crippen LogP contribution in [0.15, 0.2) is 34.1 Å². The molecule has 12 heteroatoms. The van der Waals surface area contributed by atoms with Crippen molar-refractivity contribution in [1.29, 1.82) is 0 Å². The lowest BCUT2D eigenvalue weighted by atomic mass is 10.2. The van der Waals surface area contributed by atoms with Gasteiger partial charge in [0.1, 0.15) is 17.7 Å². The minimum absolute atomic E-state index is 0.0781. The number of anilines is 1. The molecule has 33 heavy (non-hydrogen) atoms. The Kier molecular flexibility index (Phi) is 6.30. The number of halogens is 1. The summed E-state index contributed by atoms with van der Waals surface area (Å²) in [6, 6.07) is 3.92. The van der Waals surface area contributed by atoms with Gasteiger partial charge in [0.15, 0.2) is 5.78 Å². The topological polar surface area (TPSA) is 107 Å². The highest BCUT2D eigenvalue weighted by Gasteiger charge is 2.33. The van der Waals surface area contributed by atoms with Gasteiger partial charge >= 0.3 is 0 Å². The van der Waals surface area contributed by atoms with Crippen LogP contribution in [-0.4, -0.2) is 92.6 Å². The van der Waals surface area contributed by atoms with E-state index >= 15 is 0 Å². The molecule has 2 saturated heterocycles. The Hall–Kier alpha value is -2.21. The van der Waals surface area contributed by atoms with Gasteiger partial charge in [-0.1, -0.05) is 11.6 Å². The first-order valence-electron chi connectivity index (χ1n) is 11.2.